The number of esters is 1. The molecule has 1 aromatic carbocycles. The van der Waals surface area contributed by atoms with Gasteiger partial charge in [0.1, 0.15) is 0 Å². The normalized spacial score (nSPS) is 10.6. The van der Waals surface area contributed by atoms with Gasteiger partial charge in [0, 0.05) is 10.8 Å². The van der Waals surface area contributed by atoms with Crippen molar-refractivity contribution in [1.29, 1.82) is 0 Å². The maximum atomic E-state index is 12.4. The Balaban J connectivity index is 1.78. The van der Waals surface area contributed by atoms with E-state index < -0.39 is 11.9 Å². The second kappa shape index (κ2) is 7.35. The third-order valence-corrected chi connectivity index (χ3v) is 4.00. The van der Waals surface area contributed by atoms with Gasteiger partial charge in [-0.3, -0.25) is 10.1 Å². The summed E-state index contributed by atoms with van der Waals surface area (Å²) in [7, 11) is 0. The summed E-state index contributed by atoms with van der Waals surface area (Å²) in [5.41, 5.74) is 0.672. The highest BCUT2D eigenvalue weighted by atomic mass is 32.1. The average molecular weight is 360 g/mol. The van der Waals surface area contributed by atoms with E-state index in [0.717, 1.165) is 16.7 Å². The first-order valence-electron chi connectivity index (χ1n) is 7.71. The van der Waals surface area contributed by atoms with Crippen molar-refractivity contribution < 1.29 is 23.5 Å². The number of carbonyl (C=O) groups excluding carboxylic acids is 2. The number of anilines is 1. The van der Waals surface area contributed by atoms with E-state index in [0.29, 0.717) is 23.1 Å². The van der Waals surface area contributed by atoms with Crippen LogP contribution in [0.2, 0.25) is 0 Å². The van der Waals surface area contributed by atoms with Crippen molar-refractivity contribution in [2.24, 2.45) is 0 Å². The molecule has 7 nitrogen and oxygen atoms in total. The first kappa shape index (κ1) is 17.0. The van der Waals surface area contributed by atoms with Gasteiger partial charge in [-0.2, -0.15) is 0 Å². The van der Waals surface area contributed by atoms with Crippen molar-refractivity contribution in [3.8, 4) is 5.75 Å². The Labute approximate surface area is 147 Å². The van der Waals surface area contributed by atoms with Crippen LogP contribution in [0, 0.1) is 0 Å². The Morgan fingerprint density at radius 3 is 2.88 bits per heavy atom. The molecule has 8 heteroatoms. The fraction of sp³-hybridized carbons (Fsp3) is 0.235. The third-order valence-electron chi connectivity index (χ3n) is 3.24. The molecule has 0 spiro atoms. The quantitative estimate of drug-likeness (QED) is 0.674. The molecule has 3 rings (SSSR count). The summed E-state index contributed by atoms with van der Waals surface area (Å²) < 4.78 is 16.0. The first-order chi connectivity index (χ1) is 12.1. The predicted octanol–water partition coefficient (Wildman–Crippen LogP) is 3.72. The standard InChI is InChI=1S/C17H16N2O5S/c1-3-22-12-7-5-6-10-8-13(24-14(10)12)15(20)19-17-18-11(9-25-17)16(21)23-4-2/h5-9H,3-4H2,1-2H3,(H,18,19,20). The Morgan fingerprint density at radius 1 is 1.28 bits per heavy atom. The molecule has 130 valence electrons. The van der Waals surface area contributed by atoms with Crippen molar-refractivity contribution in [2.45, 2.75) is 13.8 Å². The van der Waals surface area contributed by atoms with Crippen LogP contribution in [-0.2, 0) is 4.74 Å². The van der Waals surface area contributed by atoms with Crippen molar-refractivity contribution >= 4 is 39.3 Å². The number of hydrogen-bond acceptors (Lipinski definition) is 7. The van der Waals surface area contributed by atoms with Crippen LogP contribution in [0.1, 0.15) is 34.9 Å². The largest absolute Gasteiger partial charge is 0.490 e. The second-order valence-electron chi connectivity index (χ2n) is 4.93. The number of furan rings is 1. The number of carbonyl (C=O) groups is 2. The van der Waals surface area contributed by atoms with Crippen molar-refractivity contribution in [2.75, 3.05) is 18.5 Å². The number of rotatable bonds is 6. The first-order valence-corrected chi connectivity index (χ1v) is 8.59. The molecule has 3 aromatic rings. The summed E-state index contributed by atoms with van der Waals surface area (Å²) in [4.78, 5) is 28.0. The van der Waals surface area contributed by atoms with Crippen LogP contribution in [-0.4, -0.2) is 30.1 Å². The minimum atomic E-state index is -0.524. The topological polar surface area (TPSA) is 90.7 Å². The summed E-state index contributed by atoms with van der Waals surface area (Å²) in [6.07, 6.45) is 0. The maximum absolute atomic E-state index is 12.4. The van der Waals surface area contributed by atoms with Gasteiger partial charge in [-0.1, -0.05) is 12.1 Å². The van der Waals surface area contributed by atoms with Gasteiger partial charge in [0.05, 0.1) is 13.2 Å². The molecule has 2 heterocycles. The molecule has 0 aliphatic heterocycles. The predicted molar refractivity (Wildman–Crippen MR) is 93.4 cm³/mol. The summed E-state index contributed by atoms with van der Waals surface area (Å²) in [6.45, 7) is 4.35. The molecule has 1 N–H and O–H groups in total. The molecule has 0 aliphatic carbocycles. The SMILES string of the molecule is CCOC(=O)c1csc(NC(=O)c2cc3cccc(OCC)c3o2)n1. The molecule has 0 saturated carbocycles. The Hall–Kier alpha value is -2.87. The van der Waals surface area contributed by atoms with Crippen LogP contribution in [0.3, 0.4) is 0 Å². The molecular weight excluding hydrogens is 344 g/mol. The zero-order valence-electron chi connectivity index (χ0n) is 13.7. The van der Waals surface area contributed by atoms with Gasteiger partial charge in [0.15, 0.2) is 27.9 Å². The minimum absolute atomic E-state index is 0.134. The van der Waals surface area contributed by atoms with Crippen molar-refractivity contribution in [3.05, 3.63) is 41.1 Å². The van der Waals surface area contributed by atoms with Crippen LogP contribution < -0.4 is 10.1 Å². The number of para-hydroxylation sites is 1. The van der Waals surface area contributed by atoms with Crippen LogP contribution in [0.5, 0.6) is 5.75 Å². The zero-order valence-corrected chi connectivity index (χ0v) is 14.5. The van der Waals surface area contributed by atoms with Gasteiger partial charge in [-0.15, -0.1) is 11.3 Å². The van der Waals surface area contributed by atoms with E-state index in [1.54, 1.807) is 19.1 Å². The van der Waals surface area contributed by atoms with E-state index in [2.05, 4.69) is 10.3 Å². The highest BCUT2D eigenvalue weighted by Crippen LogP contribution is 2.29. The van der Waals surface area contributed by atoms with E-state index in [1.165, 1.54) is 5.38 Å². The van der Waals surface area contributed by atoms with Gasteiger partial charge < -0.3 is 13.9 Å². The maximum Gasteiger partial charge on any atom is 0.357 e. The third kappa shape index (κ3) is 3.63. The van der Waals surface area contributed by atoms with E-state index in [9.17, 15) is 9.59 Å². The number of aromatic nitrogens is 1. The Morgan fingerprint density at radius 2 is 2.12 bits per heavy atom. The van der Waals surface area contributed by atoms with Gasteiger partial charge in [0.2, 0.25) is 0 Å². The smallest absolute Gasteiger partial charge is 0.357 e. The zero-order chi connectivity index (χ0) is 17.8. The second-order valence-corrected chi connectivity index (χ2v) is 5.79. The molecule has 0 atom stereocenters. The van der Waals surface area contributed by atoms with Crippen molar-refractivity contribution in [3.63, 3.8) is 0 Å². The molecule has 0 fully saturated rings. The molecule has 0 saturated heterocycles. The number of nitrogens with one attached hydrogen (secondary N) is 1. The van der Waals surface area contributed by atoms with E-state index in [4.69, 9.17) is 13.9 Å². The van der Waals surface area contributed by atoms with Crippen LogP contribution in [0.15, 0.2) is 34.1 Å². The fourth-order valence-corrected chi connectivity index (χ4v) is 2.88. The van der Waals surface area contributed by atoms with E-state index in [1.807, 2.05) is 19.1 Å². The molecule has 25 heavy (non-hydrogen) atoms. The molecule has 0 bridgehead atoms. The molecule has 0 unspecified atom stereocenters. The highest BCUT2D eigenvalue weighted by molar-refractivity contribution is 7.14. The Kier molecular flexibility index (Phi) is 4.99. The van der Waals surface area contributed by atoms with Gasteiger partial charge in [-0.05, 0) is 26.0 Å². The molecule has 1 amide bonds. The summed E-state index contributed by atoms with van der Waals surface area (Å²) in [5, 5.41) is 5.20. The molecular formula is C17H16N2O5S. The lowest BCUT2D eigenvalue weighted by Gasteiger charge is -2.02. The average Bonchev–Trinajstić information content (AvgIpc) is 3.22. The van der Waals surface area contributed by atoms with Gasteiger partial charge >= 0.3 is 5.97 Å². The summed E-state index contributed by atoms with van der Waals surface area (Å²) in [6, 6.07) is 7.08. The van der Waals surface area contributed by atoms with Gasteiger partial charge in [0.25, 0.3) is 5.91 Å². The highest BCUT2D eigenvalue weighted by Gasteiger charge is 2.18. The van der Waals surface area contributed by atoms with Gasteiger partial charge in [-0.25, -0.2) is 9.78 Å². The van der Waals surface area contributed by atoms with E-state index >= 15 is 0 Å². The number of ether oxygens (including phenoxy) is 2. The van der Waals surface area contributed by atoms with E-state index in [-0.39, 0.29) is 18.1 Å². The lowest BCUT2D eigenvalue weighted by molar-refractivity contribution is 0.0520. The van der Waals surface area contributed by atoms with Crippen LogP contribution in [0.4, 0.5) is 5.13 Å². The number of amides is 1. The molecule has 0 radical (unpaired) electrons. The van der Waals surface area contributed by atoms with Crippen LogP contribution in [0.25, 0.3) is 11.0 Å². The monoisotopic (exact) mass is 360 g/mol. The number of benzene rings is 1. The number of fused-ring (bicyclic) bond motifs is 1. The summed E-state index contributed by atoms with van der Waals surface area (Å²) in [5.74, 6) is -0.263. The lowest BCUT2D eigenvalue weighted by atomic mass is 10.2. The fourth-order valence-electron chi connectivity index (χ4n) is 2.21. The molecule has 2 aromatic heterocycles. The van der Waals surface area contributed by atoms with Crippen LogP contribution >= 0.6 is 11.3 Å². The molecule has 0 aliphatic rings. The lowest BCUT2D eigenvalue weighted by Crippen LogP contribution is -2.11. The number of nitrogens with zero attached hydrogens (tertiary/aromatic N) is 1. The van der Waals surface area contributed by atoms with Crippen molar-refractivity contribution in [1.82, 2.24) is 4.98 Å². The minimum Gasteiger partial charge on any atom is -0.490 e. The Bertz CT molecular complexity index is 915. The number of hydrogen-bond donors (Lipinski definition) is 1. The summed E-state index contributed by atoms with van der Waals surface area (Å²) >= 11 is 1.13. The number of thiazole rings is 1.